The van der Waals surface area contributed by atoms with E-state index < -0.39 is 11.4 Å². The van der Waals surface area contributed by atoms with Crippen LogP contribution in [-0.2, 0) is 18.3 Å². The lowest BCUT2D eigenvalue weighted by atomic mass is 9.86. The Labute approximate surface area is 104 Å². The first-order chi connectivity index (χ1) is 8.31. The molecule has 0 saturated heterocycles. The zero-order valence-electron chi connectivity index (χ0n) is 10.7. The molecule has 0 spiro atoms. The molecule has 0 unspecified atom stereocenters. The first-order valence-electron chi connectivity index (χ1n) is 5.72. The fourth-order valence-corrected chi connectivity index (χ4v) is 1.98. The maximum atomic E-state index is 11.5. The van der Waals surface area contributed by atoms with E-state index in [0.29, 0.717) is 6.42 Å². The number of imidazole rings is 1. The number of carboxylic acid groups (broad SMARTS) is 1. The second-order valence-electron chi connectivity index (χ2n) is 5.21. The van der Waals surface area contributed by atoms with Crippen molar-refractivity contribution in [1.29, 1.82) is 0 Å². The molecule has 2 aromatic rings. The molecule has 96 valence electrons. The van der Waals surface area contributed by atoms with Crippen LogP contribution in [0.2, 0.25) is 0 Å². The number of aromatic nitrogens is 2. The van der Waals surface area contributed by atoms with Gasteiger partial charge in [-0.2, -0.15) is 0 Å². The van der Waals surface area contributed by atoms with E-state index in [9.17, 15) is 9.59 Å². The third-order valence-corrected chi connectivity index (χ3v) is 3.19. The predicted octanol–water partition coefficient (Wildman–Crippen LogP) is 1.52. The third kappa shape index (κ3) is 2.03. The topological polar surface area (TPSA) is 75.1 Å². The quantitative estimate of drug-likeness (QED) is 0.864. The van der Waals surface area contributed by atoms with E-state index in [2.05, 4.69) is 4.98 Å². The van der Waals surface area contributed by atoms with Gasteiger partial charge >= 0.3 is 11.7 Å². The van der Waals surface area contributed by atoms with Gasteiger partial charge in [-0.3, -0.25) is 9.36 Å². The summed E-state index contributed by atoms with van der Waals surface area (Å²) in [6, 6.07) is 5.53. The van der Waals surface area contributed by atoms with Crippen molar-refractivity contribution >= 4 is 17.0 Å². The Bertz CT molecular complexity index is 664. The molecule has 0 radical (unpaired) electrons. The molecule has 5 nitrogen and oxygen atoms in total. The van der Waals surface area contributed by atoms with Gasteiger partial charge in [-0.05, 0) is 38.0 Å². The Hall–Kier alpha value is -2.04. The molecule has 1 aromatic carbocycles. The smallest absolute Gasteiger partial charge is 0.326 e. The average molecular weight is 248 g/mol. The van der Waals surface area contributed by atoms with Gasteiger partial charge in [-0.15, -0.1) is 0 Å². The molecule has 2 N–H and O–H groups in total. The minimum atomic E-state index is -0.829. The van der Waals surface area contributed by atoms with Crippen LogP contribution in [0.3, 0.4) is 0 Å². The molecule has 0 amide bonds. The van der Waals surface area contributed by atoms with Gasteiger partial charge in [0.2, 0.25) is 0 Å². The molecule has 5 heteroatoms. The van der Waals surface area contributed by atoms with Gasteiger partial charge in [-0.25, -0.2) is 4.79 Å². The molecular formula is C13H16N2O3. The summed E-state index contributed by atoms with van der Waals surface area (Å²) in [7, 11) is 1.70. The summed E-state index contributed by atoms with van der Waals surface area (Å²) in [4.78, 5) is 25.3. The normalized spacial score (nSPS) is 11.9. The van der Waals surface area contributed by atoms with Crippen LogP contribution in [-0.4, -0.2) is 20.6 Å². The molecule has 0 aliphatic rings. The second-order valence-corrected chi connectivity index (χ2v) is 5.21. The number of nitrogens with one attached hydrogen (secondary N) is 1. The van der Waals surface area contributed by atoms with E-state index in [4.69, 9.17) is 5.11 Å². The van der Waals surface area contributed by atoms with Gasteiger partial charge in [0, 0.05) is 7.05 Å². The lowest BCUT2D eigenvalue weighted by Gasteiger charge is -2.18. The van der Waals surface area contributed by atoms with E-state index in [1.807, 2.05) is 18.2 Å². The van der Waals surface area contributed by atoms with Crippen LogP contribution in [0.15, 0.2) is 23.0 Å². The number of aliphatic carboxylic acids is 1. The number of hydrogen-bond acceptors (Lipinski definition) is 2. The fourth-order valence-electron chi connectivity index (χ4n) is 1.98. The summed E-state index contributed by atoms with van der Waals surface area (Å²) in [5.41, 5.74) is 1.47. The third-order valence-electron chi connectivity index (χ3n) is 3.19. The first-order valence-corrected chi connectivity index (χ1v) is 5.72. The molecule has 1 heterocycles. The van der Waals surface area contributed by atoms with E-state index in [-0.39, 0.29) is 5.69 Å². The molecule has 18 heavy (non-hydrogen) atoms. The van der Waals surface area contributed by atoms with Crippen LogP contribution in [0.1, 0.15) is 19.4 Å². The van der Waals surface area contributed by atoms with Crippen molar-refractivity contribution in [3.63, 3.8) is 0 Å². The van der Waals surface area contributed by atoms with Crippen molar-refractivity contribution in [2.75, 3.05) is 0 Å². The predicted molar refractivity (Wildman–Crippen MR) is 68.7 cm³/mol. The Kier molecular flexibility index (Phi) is 2.77. The van der Waals surface area contributed by atoms with Crippen molar-refractivity contribution < 1.29 is 9.90 Å². The Morgan fingerprint density at radius 1 is 1.44 bits per heavy atom. The van der Waals surface area contributed by atoms with Gasteiger partial charge in [0.25, 0.3) is 0 Å². The monoisotopic (exact) mass is 248 g/mol. The average Bonchev–Trinajstić information content (AvgIpc) is 2.53. The number of hydrogen-bond donors (Lipinski definition) is 2. The molecule has 1 aromatic heterocycles. The van der Waals surface area contributed by atoms with Crippen molar-refractivity contribution in [1.82, 2.24) is 9.55 Å². The number of carboxylic acids is 1. The van der Waals surface area contributed by atoms with Crippen LogP contribution >= 0.6 is 0 Å². The summed E-state index contributed by atoms with van der Waals surface area (Å²) in [6.07, 6.45) is 0.426. The zero-order valence-corrected chi connectivity index (χ0v) is 10.7. The van der Waals surface area contributed by atoms with Gasteiger partial charge in [0.05, 0.1) is 16.4 Å². The van der Waals surface area contributed by atoms with Crippen molar-refractivity contribution in [3.05, 3.63) is 34.2 Å². The highest BCUT2D eigenvalue weighted by atomic mass is 16.4. The molecule has 0 aliphatic heterocycles. The first kappa shape index (κ1) is 12.4. The number of aryl methyl sites for hydroxylation is 1. The molecule has 0 fully saturated rings. The summed E-state index contributed by atoms with van der Waals surface area (Å²) >= 11 is 0. The van der Waals surface area contributed by atoms with Crippen molar-refractivity contribution in [2.24, 2.45) is 12.5 Å². The van der Waals surface area contributed by atoms with Crippen LogP contribution in [0.25, 0.3) is 11.0 Å². The SMILES string of the molecule is Cn1c(=O)[nH]c2cc(CC(C)(C)C(=O)O)ccc21. The number of nitrogens with zero attached hydrogens (tertiary/aromatic N) is 1. The Morgan fingerprint density at radius 2 is 2.11 bits per heavy atom. The number of H-pyrrole nitrogens is 1. The number of rotatable bonds is 3. The highest BCUT2D eigenvalue weighted by molar-refractivity contribution is 5.77. The number of carbonyl (C=O) groups is 1. The maximum Gasteiger partial charge on any atom is 0.326 e. The van der Waals surface area contributed by atoms with E-state index >= 15 is 0 Å². The van der Waals surface area contributed by atoms with Crippen LogP contribution in [0.4, 0.5) is 0 Å². The summed E-state index contributed by atoms with van der Waals surface area (Å²) in [5, 5.41) is 9.10. The van der Waals surface area contributed by atoms with Gasteiger partial charge in [0.15, 0.2) is 0 Å². The minimum absolute atomic E-state index is 0.167. The number of aromatic amines is 1. The summed E-state index contributed by atoms with van der Waals surface area (Å²) < 4.78 is 1.53. The Balaban J connectivity index is 2.43. The van der Waals surface area contributed by atoms with Gasteiger partial charge < -0.3 is 10.1 Å². The second kappa shape index (κ2) is 4.01. The van der Waals surface area contributed by atoms with Crippen LogP contribution in [0.5, 0.6) is 0 Å². The van der Waals surface area contributed by atoms with Crippen LogP contribution in [0, 0.1) is 5.41 Å². The fraction of sp³-hybridized carbons (Fsp3) is 0.385. The lowest BCUT2D eigenvalue weighted by molar-refractivity contribution is -0.146. The summed E-state index contributed by atoms with van der Waals surface area (Å²) in [6.45, 7) is 3.38. The molecule has 0 aliphatic carbocycles. The zero-order chi connectivity index (χ0) is 13.5. The van der Waals surface area contributed by atoms with E-state index in [0.717, 1.165) is 16.6 Å². The molecule has 0 saturated carbocycles. The van der Waals surface area contributed by atoms with E-state index in [1.54, 1.807) is 20.9 Å². The highest BCUT2D eigenvalue weighted by Crippen LogP contribution is 2.23. The van der Waals surface area contributed by atoms with Crippen molar-refractivity contribution in [3.8, 4) is 0 Å². The maximum absolute atomic E-state index is 11.5. The number of benzene rings is 1. The molecule has 0 atom stereocenters. The lowest BCUT2D eigenvalue weighted by Crippen LogP contribution is -2.26. The largest absolute Gasteiger partial charge is 0.481 e. The van der Waals surface area contributed by atoms with Crippen molar-refractivity contribution in [2.45, 2.75) is 20.3 Å². The standard InChI is InChI=1S/C13H16N2O3/c1-13(2,11(16)17)7-8-4-5-10-9(6-8)14-12(18)15(10)3/h4-6H,7H2,1-3H3,(H,14,18)(H,16,17). The molecule has 0 bridgehead atoms. The summed E-state index contributed by atoms with van der Waals surface area (Å²) in [5.74, 6) is -0.829. The van der Waals surface area contributed by atoms with E-state index in [1.165, 1.54) is 4.57 Å². The number of fused-ring (bicyclic) bond motifs is 1. The Morgan fingerprint density at radius 3 is 2.72 bits per heavy atom. The highest BCUT2D eigenvalue weighted by Gasteiger charge is 2.27. The van der Waals surface area contributed by atoms with Crippen LogP contribution < -0.4 is 5.69 Å². The van der Waals surface area contributed by atoms with Gasteiger partial charge in [0.1, 0.15) is 0 Å². The minimum Gasteiger partial charge on any atom is -0.481 e. The molecular weight excluding hydrogens is 232 g/mol. The molecule has 2 rings (SSSR count). The van der Waals surface area contributed by atoms with Gasteiger partial charge in [-0.1, -0.05) is 6.07 Å².